The van der Waals surface area contributed by atoms with Crippen molar-refractivity contribution in [2.75, 3.05) is 11.1 Å². The Labute approximate surface area is 148 Å². The van der Waals surface area contributed by atoms with Gasteiger partial charge in [0.1, 0.15) is 11.6 Å². The van der Waals surface area contributed by atoms with Gasteiger partial charge in [-0.05, 0) is 30.7 Å². The summed E-state index contributed by atoms with van der Waals surface area (Å²) in [5.41, 5.74) is 2.72. The number of amides is 1. The van der Waals surface area contributed by atoms with Crippen molar-refractivity contribution in [2.45, 2.75) is 12.2 Å². The molecule has 1 amide bonds. The molecule has 3 heterocycles. The third kappa shape index (κ3) is 2.85. The van der Waals surface area contributed by atoms with Gasteiger partial charge in [-0.15, -0.1) is 11.8 Å². The number of phenolic OH excluding ortho intramolecular Hbond substituents is 1. The highest BCUT2D eigenvalue weighted by Gasteiger charge is 2.31. The number of hydrogen-bond acceptors (Lipinski definition) is 6. The van der Waals surface area contributed by atoms with Gasteiger partial charge in [-0.3, -0.25) is 4.79 Å². The average molecular weight is 353 g/mol. The number of aromatic hydroxyl groups is 1. The minimum atomic E-state index is -0.0930. The summed E-state index contributed by atoms with van der Waals surface area (Å²) >= 11 is 1.53. The smallest absolute Gasteiger partial charge is 0.252 e. The molecule has 1 aromatic carbocycles. The minimum Gasteiger partial charge on any atom is -0.508 e. The van der Waals surface area contributed by atoms with Crippen molar-refractivity contribution in [3.63, 3.8) is 0 Å². The van der Waals surface area contributed by atoms with Gasteiger partial charge in [0.25, 0.3) is 5.95 Å². The molecule has 2 N–H and O–H groups in total. The molecular weight excluding hydrogens is 338 g/mol. The molecule has 0 radical (unpaired) electrons. The molecule has 0 saturated heterocycles. The van der Waals surface area contributed by atoms with Crippen molar-refractivity contribution >= 4 is 23.5 Å². The van der Waals surface area contributed by atoms with Crippen LogP contribution in [0.2, 0.25) is 0 Å². The summed E-state index contributed by atoms with van der Waals surface area (Å²) in [4.78, 5) is 20.7. The number of benzene rings is 1. The number of aromatic nitrogens is 4. The summed E-state index contributed by atoms with van der Waals surface area (Å²) in [7, 11) is 0. The fourth-order valence-electron chi connectivity index (χ4n) is 2.84. The maximum Gasteiger partial charge on any atom is 0.252 e. The fourth-order valence-corrected chi connectivity index (χ4v) is 4.03. The molecule has 1 aliphatic rings. The molecule has 1 aliphatic heterocycles. The van der Waals surface area contributed by atoms with Crippen LogP contribution in [0.1, 0.15) is 22.1 Å². The van der Waals surface area contributed by atoms with E-state index >= 15 is 0 Å². The lowest BCUT2D eigenvalue weighted by molar-refractivity contribution is -0.113. The third-order valence-corrected chi connectivity index (χ3v) is 5.22. The van der Waals surface area contributed by atoms with E-state index in [0.29, 0.717) is 17.5 Å². The van der Waals surface area contributed by atoms with Crippen LogP contribution in [-0.2, 0) is 4.79 Å². The topological polar surface area (TPSA) is 92.9 Å². The van der Waals surface area contributed by atoms with Crippen molar-refractivity contribution < 1.29 is 9.90 Å². The molecular formula is C17H15N5O2S. The molecule has 7 nitrogen and oxygen atoms in total. The van der Waals surface area contributed by atoms with E-state index in [9.17, 15) is 9.90 Å². The average Bonchev–Trinajstić information content (AvgIpc) is 2.83. The number of anilines is 1. The van der Waals surface area contributed by atoms with Gasteiger partial charge in [-0.1, -0.05) is 12.1 Å². The number of thioether (sulfide) groups is 1. The monoisotopic (exact) mass is 353 g/mol. The van der Waals surface area contributed by atoms with Crippen LogP contribution < -0.4 is 5.32 Å². The number of nitrogens with one attached hydrogen (secondary N) is 1. The largest absolute Gasteiger partial charge is 0.508 e. The van der Waals surface area contributed by atoms with Crippen LogP contribution in [0.5, 0.6) is 5.75 Å². The number of carbonyl (C=O) groups is 1. The highest BCUT2D eigenvalue weighted by molar-refractivity contribution is 8.00. The summed E-state index contributed by atoms with van der Waals surface area (Å²) in [6.45, 7) is 1.91. The van der Waals surface area contributed by atoms with E-state index in [2.05, 4.69) is 20.4 Å². The lowest BCUT2D eigenvalue weighted by atomic mass is 10.0. The van der Waals surface area contributed by atoms with Crippen LogP contribution >= 0.6 is 11.8 Å². The van der Waals surface area contributed by atoms with Gasteiger partial charge in [-0.25, -0.2) is 9.97 Å². The first-order chi connectivity index (χ1) is 12.1. The van der Waals surface area contributed by atoms with Crippen molar-refractivity contribution in [1.82, 2.24) is 19.7 Å². The van der Waals surface area contributed by atoms with E-state index in [-0.39, 0.29) is 16.9 Å². The maximum absolute atomic E-state index is 12.2. The summed E-state index contributed by atoms with van der Waals surface area (Å²) < 4.78 is 1.57. The molecule has 126 valence electrons. The number of phenols is 1. The first kappa shape index (κ1) is 15.6. The van der Waals surface area contributed by atoms with E-state index in [1.165, 1.54) is 11.8 Å². The van der Waals surface area contributed by atoms with Crippen LogP contribution in [0.4, 0.5) is 5.82 Å². The van der Waals surface area contributed by atoms with E-state index in [1.54, 1.807) is 35.3 Å². The molecule has 0 spiro atoms. The SMILES string of the molecule is Cc1nn(-c2ncccn2)c2c1[C@@H](c1ccc(O)cc1)SCC(=O)N2. The molecule has 4 rings (SSSR count). The second kappa shape index (κ2) is 6.21. The van der Waals surface area contributed by atoms with Gasteiger partial charge in [0.05, 0.1) is 16.7 Å². The quantitative estimate of drug-likeness (QED) is 0.735. The minimum absolute atomic E-state index is 0.0768. The van der Waals surface area contributed by atoms with Crippen molar-refractivity contribution in [3.8, 4) is 11.7 Å². The Balaban J connectivity index is 1.88. The molecule has 25 heavy (non-hydrogen) atoms. The molecule has 0 aliphatic carbocycles. The van der Waals surface area contributed by atoms with E-state index in [1.807, 2.05) is 19.1 Å². The lowest BCUT2D eigenvalue weighted by Crippen LogP contribution is -2.16. The fraction of sp³-hybridized carbons (Fsp3) is 0.176. The lowest BCUT2D eigenvalue weighted by Gasteiger charge is -2.15. The van der Waals surface area contributed by atoms with Crippen LogP contribution in [-0.4, -0.2) is 36.5 Å². The molecule has 2 aromatic heterocycles. The van der Waals surface area contributed by atoms with Gasteiger partial charge in [0.15, 0.2) is 0 Å². The highest BCUT2D eigenvalue weighted by Crippen LogP contribution is 2.43. The number of carbonyl (C=O) groups excluding carboxylic acids is 1. The first-order valence-electron chi connectivity index (χ1n) is 7.71. The Morgan fingerprint density at radius 2 is 1.96 bits per heavy atom. The third-order valence-electron chi connectivity index (χ3n) is 3.95. The maximum atomic E-state index is 12.2. The Morgan fingerprint density at radius 3 is 2.68 bits per heavy atom. The highest BCUT2D eigenvalue weighted by atomic mass is 32.2. The van der Waals surface area contributed by atoms with Crippen LogP contribution in [0.15, 0.2) is 42.7 Å². The second-order valence-electron chi connectivity index (χ2n) is 5.64. The van der Waals surface area contributed by atoms with Crippen molar-refractivity contribution in [3.05, 3.63) is 59.5 Å². The Hall–Kier alpha value is -2.87. The normalized spacial score (nSPS) is 16.8. The van der Waals surface area contributed by atoms with E-state index in [4.69, 9.17) is 0 Å². The number of rotatable bonds is 2. The zero-order valence-electron chi connectivity index (χ0n) is 13.4. The summed E-state index contributed by atoms with van der Waals surface area (Å²) in [6.07, 6.45) is 3.27. The molecule has 1 atom stereocenters. The van der Waals surface area contributed by atoms with E-state index in [0.717, 1.165) is 16.8 Å². The van der Waals surface area contributed by atoms with Crippen LogP contribution in [0.3, 0.4) is 0 Å². The molecule has 8 heteroatoms. The molecule has 0 bridgehead atoms. The van der Waals surface area contributed by atoms with Gasteiger partial charge < -0.3 is 10.4 Å². The Morgan fingerprint density at radius 1 is 1.24 bits per heavy atom. The number of fused-ring (bicyclic) bond motifs is 1. The van der Waals surface area contributed by atoms with Crippen LogP contribution in [0.25, 0.3) is 5.95 Å². The number of aryl methyl sites for hydroxylation is 1. The summed E-state index contributed by atoms with van der Waals surface area (Å²) in [5.74, 6) is 1.45. The first-order valence-corrected chi connectivity index (χ1v) is 8.75. The predicted molar refractivity (Wildman–Crippen MR) is 94.9 cm³/mol. The van der Waals surface area contributed by atoms with Gasteiger partial charge in [-0.2, -0.15) is 9.78 Å². The molecule has 0 unspecified atom stereocenters. The zero-order chi connectivity index (χ0) is 17.4. The second-order valence-corrected chi connectivity index (χ2v) is 6.73. The Bertz CT molecular complexity index is 924. The zero-order valence-corrected chi connectivity index (χ0v) is 14.2. The van der Waals surface area contributed by atoms with Gasteiger partial charge >= 0.3 is 0 Å². The Kier molecular flexibility index (Phi) is 3.89. The summed E-state index contributed by atoms with van der Waals surface area (Å²) in [5, 5.41) is 17.0. The standard InChI is InChI=1S/C17H15N5O2S/c1-10-14-15(11-3-5-12(23)6-4-11)25-9-13(24)20-16(14)22(21-10)17-18-7-2-8-19-17/h2-8,15,23H,9H2,1H3,(H,20,24)/t15-/m1/s1. The number of hydrogen-bond donors (Lipinski definition) is 2. The van der Waals surface area contributed by atoms with Crippen molar-refractivity contribution in [2.24, 2.45) is 0 Å². The molecule has 0 saturated carbocycles. The van der Waals surface area contributed by atoms with Crippen molar-refractivity contribution in [1.29, 1.82) is 0 Å². The predicted octanol–water partition coefficient (Wildman–Crippen LogP) is 2.45. The number of nitrogens with zero attached hydrogens (tertiary/aromatic N) is 4. The van der Waals surface area contributed by atoms with E-state index < -0.39 is 0 Å². The molecule has 3 aromatic rings. The van der Waals surface area contributed by atoms with Gasteiger partial charge in [0.2, 0.25) is 5.91 Å². The van der Waals surface area contributed by atoms with Gasteiger partial charge in [0, 0.05) is 18.0 Å². The van der Waals surface area contributed by atoms with Crippen LogP contribution in [0, 0.1) is 6.92 Å². The summed E-state index contributed by atoms with van der Waals surface area (Å²) in [6, 6.07) is 8.75. The molecule has 0 fully saturated rings.